The molecule has 0 aliphatic heterocycles. The van der Waals surface area contributed by atoms with Crippen LogP contribution in [0.3, 0.4) is 0 Å². The van der Waals surface area contributed by atoms with E-state index in [4.69, 9.17) is 0 Å². The van der Waals surface area contributed by atoms with E-state index in [1.807, 2.05) is 23.5 Å². The van der Waals surface area contributed by atoms with Gasteiger partial charge in [-0.25, -0.2) is 0 Å². The van der Waals surface area contributed by atoms with Gasteiger partial charge < -0.3 is 0 Å². The van der Waals surface area contributed by atoms with Crippen LogP contribution in [0.15, 0.2) is 0 Å². The van der Waals surface area contributed by atoms with Gasteiger partial charge in [0.15, 0.2) is 0 Å². The van der Waals surface area contributed by atoms with Crippen LogP contribution in [0.25, 0.3) is 0 Å². The van der Waals surface area contributed by atoms with Gasteiger partial charge in [-0.15, -0.1) is 0 Å². The van der Waals surface area contributed by atoms with Crippen molar-refractivity contribution in [1.29, 1.82) is 0 Å². The minimum Gasteiger partial charge on any atom is -0.179 e. The molecule has 1 unspecified atom stereocenters. The molecule has 74 valence electrons. The molecule has 4 heteroatoms. The highest BCUT2D eigenvalue weighted by molar-refractivity contribution is 8.03. The molecule has 0 fully saturated rings. The molecule has 0 nitrogen and oxygen atoms in total. The van der Waals surface area contributed by atoms with Crippen LogP contribution in [0.4, 0.5) is 0 Å². The number of hydrogen-bond donors (Lipinski definition) is 2. The monoisotopic (exact) mass is 242 g/mol. The summed E-state index contributed by atoms with van der Waals surface area (Å²) in [4.78, 5) is 0. The molecule has 0 aromatic carbocycles. The van der Waals surface area contributed by atoms with Crippen molar-refractivity contribution in [1.82, 2.24) is 0 Å². The fourth-order valence-corrected chi connectivity index (χ4v) is 3.63. The molecular weight excluding hydrogens is 224 g/mol. The van der Waals surface area contributed by atoms with Gasteiger partial charge in [-0.05, 0) is 17.9 Å². The summed E-state index contributed by atoms with van der Waals surface area (Å²) in [5.74, 6) is 5.64. The van der Waals surface area contributed by atoms with Crippen LogP contribution >= 0.6 is 48.8 Å². The molecule has 0 radical (unpaired) electrons. The summed E-state index contributed by atoms with van der Waals surface area (Å²) >= 11 is 12.5. The summed E-state index contributed by atoms with van der Waals surface area (Å²) in [7, 11) is 0. The first kappa shape index (κ1) is 13.4. The summed E-state index contributed by atoms with van der Waals surface area (Å²) in [6.07, 6.45) is 1.28. The second-order valence-electron chi connectivity index (χ2n) is 2.42. The highest BCUT2D eigenvalue weighted by Gasteiger charge is 2.05. The van der Waals surface area contributed by atoms with Crippen molar-refractivity contribution in [2.75, 3.05) is 28.8 Å². The Labute approximate surface area is 95.9 Å². The quantitative estimate of drug-likeness (QED) is 0.496. The molecule has 0 aliphatic rings. The Kier molecular flexibility index (Phi) is 11.7. The van der Waals surface area contributed by atoms with Crippen LogP contribution in [0.5, 0.6) is 0 Å². The van der Waals surface area contributed by atoms with E-state index in [1.54, 1.807) is 0 Å². The van der Waals surface area contributed by atoms with Crippen LogP contribution in [0.2, 0.25) is 0 Å². The fraction of sp³-hybridized carbons (Fsp3) is 1.00. The van der Waals surface area contributed by atoms with E-state index >= 15 is 0 Å². The average molecular weight is 242 g/mol. The van der Waals surface area contributed by atoms with Gasteiger partial charge in [-0.1, -0.05) is 6.92 Å². The van der Waals surface area contributed by atoms with Gasteiger partial charge in [0.05, 0.1) is 0 Å². The minimum absolute atomic E-state index is 0.821. The Bertz CT molecular complexity index is 87.1. The molecule has 0 amide bonds. The third-order valence-corrected chi connectivity index (χ3v) is 5.24. The number of thioether (sulfide) groups is 2. The highest BCUT2D eigenvalue weighted by Crippen LogP contribution is 2.19. The van der Waals surface area contributed by atoms with E-state index in [0.29, 0.717) is 0 Å². The molecule has 0 bridgehead atoms. The second-order valence-corrected chi connectivity index (χ2v) is 5.88. The number of rotatable bonds is 8. The lowest BCUT2D eigenvalue weighted by atomic mass is 10.4. The van der Waals surface area contributed by atoms with E-state index < -0.39 is 0 Å². The van der Waals surface area contributed by atoms with Crippen LogP contribution in [-0.2, 0) is 0 Å². The Morgan fingerprint density at radius 2 is 1.83 bits per heavy atom. The van der Waals surface area contributed by atoms with Gasteiger partial charge in [0, 0.05) is 22.5 Å². The van der Waals surface area contributed by atoms with Crippen molar-refractivity contribution < 1.29 is 0 Å². The standard InChI is InChI=1S/C8H18S4/c1-2-8(12-6-4-10)7-11-5-3-9/h8-10H,2-7H2,1H3. The van der Waals surface area contributed by atoms with E-state index in [-0.39, 0.29) is 0 Å². The van der Waals surface area contributed by atoms with Crippen molar-refractivity contribution in [2.24, 2.45) is 0 Å². The van der Waals surface area contributed by atoms with Gasteiger partial charge in [-0.3, -0.25) is 0 Å². The fourth-order valence-electron chi connectivity index (χ4n) is 0.783. The van der Waals surface area contributed by atoms with Gasteiger partial charge in [0.25, 0.3) is 0 Å². The van der Waals surface area contributed by atoms with Crippen LogP contribution in [0, 0.1) is 0 Å². The van der Waals surface area contributed by atoms with Gasteiger partial charge >= 0.3 is 0 Å². The van der Waals surface area contributed by atoms with Crippen molar-refractivity contribution in [3.05, 3.63) is 0 Å². The zero-order valence-corrected chi connectivity index (χ0v) is 11.0. The maximum absolute atomic E-state index is 4.20. The molecule has 12 heavy (non-hydrogen) atoms. The zero-order chi connectivity index (χ0) is 9.23. The van der Waals surface area contributed by atoms with Crippen molar-refractivity contribution in [2.45, 2.75) is 18.6 Å². The predicted molar refractivity (Wildman–Crippen MR) is 71.6 cm³/mol. The van der Waals surface area contributed by atoms with Crippen LogP contribution in [0.1, 0.15) is 13.3 Å². The maximum Gasteiger partial charge on any atom is 0.0135 e. The summed E-state index contributed by atoms with van der Waals surface area (Å²) in [5, 5.41) is 0.821. The number of thiol groups is 2. The van der Waals surface area contributed by atoms with E-state index in [2.05, 4.69) is 32.2 Å². The topological polar surface area (TPSA) is 0 Å². The average Bonchev–Trinajstić information content (AvgIpc) is 2.11. The third-order valence-electron chi connectivity index (χ3n) is 1.44. The molecule has 0 rings (SSSR count). The first-order valence-electron chi connectivity index (χ1n) is 4.26. The molecular formula is C8H18S4. The molecule has 0 aliphatic carbocycles. The van der Waals surface area contributed by atoms with Gasteiger partial charge in [0.1, 0.15) is 0 Å². The van der Waals surface area contributed by atoms with E-state index in [0.717, 1.165) is 16.8 Å². The van der Waals surface area contributed by atoms with Crippen molar-refractivity contribution >= 4 is 48.8 Å². The molecule has 0 saturated carbocycles. The van der Waals surface area contributed by atoms with E-state index in [9.17, 15) is 0 Å². The largest absolute Gasteiger partial charge is 0.179 e. The van der Waals surface area contributed by atoms with Crippen molar-refractivity contribution in [3.63, 3.8) is 0 Å². The summed E-state index contributed by atoms with van der Waals surface area (Å²) in [6.45, 7) is 2.26. The highest BCUT2D eigenvalue weighted by atomic mass is 32.2. The molecule has 0 heterocycles. The molecule has 0 N–H and O–H groups in total. The predicted octanol–water partition coefficient (Wildman–Crippen LogP) is 3.09. The Hall–Kier alpha value is 1.40. The van der Waals surface area contributed by atoms with Crippen LogP contribution in [-0.4, -0.2) is 34.0 Å². The molecule has 0 aromatic rings. The zero-order valence-electron chi connectivity index (χ0n) is 7.53. The smallest absolute Gasteiger partial charge is 0.0135 e. The second kappa shape index (κ2) is 10.5. The molecule has 0 aromatic heterocycles. The normalized spacial score (nSPS) is 13.2. The minimum atomic E-state index is 0.821. The summed E-state index contributed by atoms with van der Waals surface area (Å²) in [6, 6.07) is 0. The first-order valence-corrected chi connectivity index (χ1v) is 7.73. The first-order chi connectivity index (χ1) is 5.85. The molecule has 1 atom stereocenters. The summed E-state index contributed by atoms with van der Waals surface area (Å²) in [5.41, 5.74) is 0. The lowest BCUT2D eigenvalue weighted by Gasteiger charge is -2.12. The SMILES string of the molecule is CCC(CSCCS)SCCS. The van der Waals surface area contributed by atoms with Crippen molar-refractivity contribution in [3.8, 4) is 0 Å². The van der Waals surface area contributed by atoms with Gasteiger partial charge in [0.2, 0.25) is 0 Å². The van der Waals surface area contributed by atoms with Crippen LogP contribution < -0.4 is 0 Å². The Morgan fingerprint density at radius 1 is 1.17 bits per heavy atom. The lowest BCUT2D eigenvalue weighted by molar-refractivity contribution is 0.917. The van der Waals surface area contributed by atoms with Gasteiger partial charge in [-0.2, -0.15) is 48.8 Å². The lowest BCUT2D eigenvalue weighted by Crippen LogP contribution is -2.06. The van der Waals surface area contributed by atoms with E-state index in [1.165, 1.54) is 23.7 Å². The Morgan fingerprint density at radius 3 is 2.33 bits per heavy atom. The maximum atomic E-state index is 4.20. The number of hydrogen-bond acceptors (Lipinski definition) is 4. The molecule has 0 saturated heterocycles. The third kappa shape index (κ3) is 8.02. The summed E-state index contributed by atoms with van der Waals surface area (Å²) < 4.78 is 0. The molecule has 0 spiro atoms. The Balaban J connectivity index is 3.26.